The third-order valence-corrected chi connectivity index (χ3v) is 6.14. The topological polar surface area (TPSA) is 66.9 Å². The number of rotatable bonds is 7. The molecular weight excluding hydrogens is 383 g/mol. The van der Waals surface area contributed by atoms with Crippen molar-refractivity contribution in [2.45, 2.75) is 28.5 Å². The molecule has 0 bridgehead atoms. The lowest BCUT2D eigenvalue weighted by atomic mass is 10.1. The molecule has 1 amide bonds. The minimum absolute atomic E-state index is 0.0106. The van der Waals surface area contributed by atoms with Crippen molar-refractivity contribution in [1.29, 1.82) is 0 Å². The van der Waals surface area contributed by atoms with E-state index in [0.29, 0.717) is 21.2 Å². The Morgan fingerprint density at radius 3 is 2.70 bits per heavy atom. The van der Waals surface area contributed by atoms with E-state index >= 15 is 0 Å². The molecule has 2 N–H and O–H groups in total. The summed E-state index contributed by atoms with van der Waals surface area (Å²) in [7, 11) is 0. The Kier molecular flexibility index (Phi) is 5.35. The normalized spacial score (nSPS) is 14.6. The van der Waals surface area contributed by atoms with Crippen LogP contribution in [0.3, 0.4) is 0 Å². The molecule has 1 atom stereocenters. The van der Waals surface area contributed by atoms with Crippen molar-refractivity contribution in [2.24, 2.45) is 0 Å². The van der Waals surface area contributed by atoms with Crippen LogP contribution in [0.4, 0.5) is 15.2 Å². The summed E-state index contributed by atoms with van der Waals surface area (Å²) in [6.45, 7) is 0. The van der Waals surface area contributed by atoms with Gasteiger partial charge in [0.05, 0.1) is 0 Å². The zero-order valence-corrected chi connectivity index (χ0v) is 15.9. The van der Waals surface area contributed by atoms with Crippen molar-refractivity contribution in [1.82, 2.24) is 15.5 Å². The van der Waals surface area contributed by atoms with E-state index in [1.807, 2.05) is 30.3 Å². The predicted octanol–water partition coefficient (Wildman–Crippen LogP) is 4.53. The van der Waals surface area contributed by atoms with Gasteiger partial charge in [-0.2, -0.15) is 0 Å². The maximum atomic E-state index is 13.3. The lowest BCUT2D eigenvalue weighted by Gasteiger charge is -2.15. The molecule has 1 aliphatic carbocycles. The van der Waals surface area contributed by atoms with E-state index in [9.17, 15) is 9.18 Å². The number of benzene rings is 2. The molecule has 138 valence electrons. The molecule has 0 radical (unpaired) electrons. The van der Waals surface area contributed by atoms with E-state index in [2.05, 4.69) is 20.8 Å². The Bertz CT molecular complexity index is 930. The predicted molar refractivity (Wildman–Crippen MR) is 106 cm³/mol. The first-order valence-corrected chi connectivity index (χ1v) is 10.2. The molecule has 0 unspecified atom stereocenters. The zero-order valence-electron chi connectivity index (χ0n) is 14.3. The highest BCUT2D eigenvalue weighted by Crippen LogP contribution is 2.39. The molecule has 1 saturated carbocycles. The Labute approximate surface area is 164 Å². The summed E-state index contributed by atoms with van der Waals surface area (Å²) >= 11 is 2.71. The summed E-state index contributed by atoms with van der Waals surface area (Å²) in [6, 6.07) is 16.1. The van der Waals surface area contributed by atoms with Crippen molar-refractivity contribution in [2.75, 3.05) is 5.32 Å². The first-order valence-electron chi connectivity index (χ1n) is 8.55. The smallest absolute Gasteiger partial charge is 0.238 e. The van der Waals surface area contributed by atoms with Gasteiger partial charge in [0.2, 0.25) is 11.0 Å². The summed E-state index contributed by atoms with van der Waals surface area (Å²) < 4.78 is 14.0. The van der Waals surface area contributed by atoms with Gasteiger partial charge in [0.15, 0.2) is 4.34 Å². The highest BCUT2D eigenvalue weighted by molar-refractivity contribution is 8.01. The number of carbonyl (C=O) groups excluding carboxylic acids is 1. The molecule has 1 fully saturated rings. The van der Waals surface area contributed by atoms with Crippen LogP contribution in [0, 0.1) is 5.82 Å². The number of amides is 1. The molecule has 4 rings (SSSR count). The summed E-state index contributed by atoms with van der Waals surface area (Å²) in [5, 5.41) is 14.5. The standard InChI is InChI=1S/C19H17FN4OS2/c20-13-7-4-8-15(11-13)22-18-23-24-19(27-18)26-16(12-5-2-1-3-6-12)17(25)21-14-9-10-14/h1-8,11,14,16H,9-10H2,(H,21,25)(H,22,23)/t16-/m0/s1. The lowest BCUT2D eigenvalue weighted by Crippen LogP contribution is -2.29. The number of aromatic nitrogens is 2. The molecule has 1 aliphatic rings. The molecule has 2 aromatic carbocycles. The summed E-state index contributed by atoms with van der Waals surface area (Å²) in [6.07, 6.45) is 2.08. The van der Waals surface area contributed by atoms with E-state index in [4.69, 9.17) is 0 Å². The van der Waals surface area contributed by atoms with Crippen LogP contribution in [0.2, 0.25) is 0 Å². The van der Waals surface area contributed by atoms with Gasteiger partial charge in [-0.3, -0.25) is 4.79 Å². The van der Waals surface area contributed by atoms with Gasteiger partial charge in [-0.25, -0.2) is 4.39 Å². The second kappa shape index (κ2) is 8.06. The zero-order chi connectivity index (χ0) is 18.6. The van der Waals surface area contributed by atoms with Crippen LogP contribution in [0.1, 0.15) is 23.7 Å². The molecular formula is C19H17FN4OS2. The van der Waals surface area contributed by atoms with Crippen LogP contribution in [0.5, 0.6) is 0 Å². The Morgan fingerprint density at radius 1 is 1.15 bits per heavy atom. The maximum Gasteiger partial charge on any atom is 0.238 e. The Hall–Kier alpha value is -2.45. The van der Waals surface area contributed by atoms with Crippen molar-refractivity contribution >= 4 is 39.8 Å². The summed E-state index contributed by atoms with van der Waals surface area (Å²) in [5.74, 6) is -0.330. The van der Waals surface area contributed by atoms with Gasteiger partial charge in [-0.15, -0.1) is 10.2 Å². The molecule has 0 saturated heterocycles. The van der Waals surface area contributed by atoms with Crippen molar-refractivity contribution in [3.63, 3.8) is 0 Å². The number of hydrogen-bond acceptors (Lipinski definition) is 6. The fraction of sp³-hybridized carbons (Fsp3) is 0.211. The van der Waals surface area contributed by atoms with Gasteiger partial charge in [-0.1, -0.05) is 59.5 Å². The molecule has 0 spiro atoms. The van der Waals surface area contributed by atoms with E-state index < -0.39 is 0 Å². The fourth-order valence-corrected chi connectivity index (χ4v) is 4.48. The van der Waals surface area contributed by atoms with Crippen LogP contribution in [-0.2, 0) is 4.79 Å². The third kappa shape index (κ3) is 4.84. The highest BCUT2D eigenvalue weighted by Gasteiger charge is 2.29. The first kappa shape index (κ1) is 17.9. The van der Waals surface area contributed by atoms with Crippen molar-refractivity contribution < 1.29 is 9.18 Å². The summed E-state index contributed by atoms with van der Waals surface area (Å²) in [5.41, 5.74) is 1.53. The van der Waals surface area contributed by atoms with Crippen LogP contribution in [0.15, 0.2) is 58.9 Å². The third-order valence-electron chi connectivity index (χ3n) is 3.97. The molecule has 0 aliphatic heterocycles. The van der Waals surface area contributed by atoms with Crippen LogP contribution >= 0.6 is 23.1 Å². The molecule has 27 heavy (non-hydrogen) atoms. The first-order chi connectivity index (χ1) is 13.2. The highest BCUT2D eigenvalue weighted by atomic mass is 32.2. The van der Waals surface area contributed by atoms with Gasteiger partial charge in [0.1, 0.15) is 11.1 Å². The van der Waals surface area contributed by atoms with Crippen LogP contribution in [-0.4, -0.2) is 22.1 Å². The number of hydrogen-bond donors (Lipinski definition) is 2. The number of nitrogens with one attached hydrogen (secondary N) is 2. The minimum Gasteiger partial charge on any atom is -0.352 e. The lowest BCUT2D eigenvalue weighted by molar-refractivity contribution is -0.120. The van der Waals surface area contributed by atoms with Crippen LogP contribution < -0.4 is 10.6 Å². The average Bonchev–Trinajstić information content (AvgIpc) is 3.37. The molecule has 1 heterocycles. The fourth-order valence-electron chi connectivity index (χ4n) is 2.50. The van der Waals surface area contributed by atoms with Gasteiger partial charge in [0, 0.05) is 11.7 Å². The minimum atomic E-state index is -0.387. The van der Waals surface area contributed by atoms with Crippen molar-refractivity contribution in [3.05, 3.63) is 66.0 Å². The number of thioether (sulfide) groups is 1. The number of anilines is 2. The van der Waals surface area contributed by atoms with Gasteiger partial charge >= 0.3 is 0 Å². The SMILES string of the molecule is O=C(NC1CC1)[C@@H](Sc1nnc(Nc2cccc(F)c2)s1)c1ccccc1. The molecule has 1 aromatic heterocycles. The number of carbonyl (C=O) groups is 1. The number of halogens is 1. The quantitative estimate of drug-likeness (QED) is 0.570. The van der Waals surface area contributed by atoms with Gasteiger partial charge in [-0.05, 0) is 36.6 Å². The summed E-state index contributed by atoms with van der Waals surface area (Å²) in [4.78, 5) is 12.7. The van der Waals surface area contributed by atoms with E-state index in [1.165, 1.54) is 35.2 Å². The maximum absolute atomic E-state index is 13.3. The Morgan fingerprint density at radius 2 is 1.96 bits per heavy atom. The van der Waals surface area contributed by atoms with Crippen molar-refractivity contribution in [3.8, 4) is 0 Å². The van der Waals surface area contributed by atoms with Crippen LogP contribution in [0.25, 0.3) is 0 Å². The molecule has 3 aromatic rings. The second-order valence-electron chi connectivity index (χ2n) is 6.20. The van der Waals surface area contributed by atoms with E-state index in [0.717, 1.165) is 18.4 Å². The Balaban J connectivity index is 1.49. The van der Waals surface area contributed by atoms with Gasteiger partial charge < -0.3 is 10.6 Å². The average molecular weight is 401 g/mol. The van der Waals surface area contributed by atoms with E-state index in [1.54, 1.807) is 12.1 Å². The largest absolute Gasteiger partial charge is 0.352 e. The van der Waals surface area contributed by atoms with Gasteiger partial charge in [0.25, 0.3) is 0 Å². The molecule has 5 nitrogen and oxygen atoms in total. The molecule has 8 heteroatoms. The second-order valence-corrected chi connectivity index (χ2v) is 8.53. The monoisotopic (exact) mass is 400 g/mol. The van der Waals surface area contributed by atoms with E-state index in [-0.39, 0.29) is 17.0 Å². The number of nitrogens with zero attached hydrogens (tertiary/aromatic N) is 2.